The lowest BCUT2D eigenvalue weighted by Gasteiger charge is -2.15. The molecule has 0 aliphatic heterocycles. The van der Waals surface area contributed by atoms with Crippen LogP contribution in [0.15, 0.2) is 24.3 Å². The number of benzene rings is 1. The molecule has 0 aliphatic carbocycles. The zero-order valence-electron chi connectivity index (χ0n) is 11.1. The van der Waals surface area contributed by atoms with Gasteiger partial charge >= 0.3 is 0 Å². The maximum absolute atomic E-state index is 8.75. The fourth-order valence-corrected chi connectivity index (χ4v) is 1.70. The van der Waals surface area contributed by atoms with Crippen LogP contribution in [0.3, 0.4) is 0 Å². The minimum absolute atomic E-state index is 0.281. The van der Waals surface area contributed by atoms with Gasteiger partial charge in [0, 0.05) is 39.0 Å². The topological polar surface area (TPSA) is 35.5 Å². The fraction of sp³-hybridized carbons (Fsp3) is 0.571. The third-order valence-electron chi connectivity index (χ3n) is 2.90. The van der Waals surface area contributed by atoms with E-state index in [2.05, 4.69) is 41.4 Å². The SMILES string of the molecule is CC(CCCO)NCc1ccc(N(C)C)cc1. The van der Waals surface area contributed by atoms with E-state index in [9.17, 15) is 0 Å². The van der Waals surface area contributed by atoms with Crippen molar-refractivity contribution in [3.63, 3.8) is 0 Å². The molecular formula is C14H24N2O. The molecule has 0 fully saturated rings. The summed E-state index contributed by atoms with van der Waals surface area (Å²) in [6, 6.07) is 9.03. The summed E-state index contributed by atoms with van der Waals surface area (Å²) in [6.45, 7) is 3.33. The van der Waals surface area contributed by atoms with Crippen molar-refractivity contribution in [2.75, 3.05) is 25.6 Å². The van der Waals surface area contributed by atoms with Crippen molar-refractivity contribution in [3.05, 3.63) is 29.8 Å². The Morgan fingerprint density at radius 1 is 1.24 bits per heavy atom. The highest BCUT2D eigenvalue weighted by atomic mass is 16.2. The van der Waals surface area contributed by atoms with Crippen molar-refractivity contribution in [2.45, 2.75) is 32.4 Å². The summed E-state index contributed by atoms with van der Waals surface area (Å²) in [4.78, 5) is 2.10. The average molecular weight is 236 g/mol. The Kier molecular flexibility index (Phi) is 6.01. The number of aliphatic hydroxyl groups excluding tert-OH is 1. The van der Waals surface area contributed by atoms with Crippen LogP contribution in [0.5, 0.6) is 0 Å². The molecule has 0 heterocycles. The van der Waals surface area contributed by atoms with E-state index < -0.39 is 0 Å². The van der Waals surface area contributed by atoms with E-state index >= 15 is 0 Å². The van der Waals surface area contributed by atoms with E-state index in [1.807, 2.05) is 14.1 Å². The van der Waals surface area contributed by atoms with Gasteiger partial charge in [-0.3, -0.25) is 0 Å². The normalized spacial score (nSPS) is 12.5. The molecule has 0 spiro atoms. The molecule has 0 radical (unpaired) electrons. The van der Waals surface area contributed by atoms with Gasteiger partial charge < -0.3 is 15.3 Å². The molecule has 1 atom stereocenters. The standard InChI is InChI=1S/C14H24N2O/c1-12(5-4-10-17)15-11-13-6-8-14(9-7-13)16(2)3/h6-9,12,15,17H,4-5,10-11H2,1-3H3. The third-order valence-corrected chi connectivity index (χ3v) is 2.90. The van der Waals surface area contributed by atoms with E-state index in [0.717, 1.165) is 19.4 Å². The van der Waals surface area contributed by atoms with Gasteiger partial charge in [-0.25, -0.2) is 0 Å². The van der Waals surface area contributed by atoms with Crippen LogP contribution in [0.4, 0.5) is 5.69 Å². The van der Waals surface area contributed by atoms with Gasteiger partial charge in [-0.05, 0) is 37.5 Å². The molecule has 1 rings (SSSR count). The van der Waals surface area contributed by atoms with Crippen LogP contribution in [0.25, 0.3) is 0 Å². The number of hydrogen-bond acceptors (Lipinski definition) is 3. The van der Waals surface area contributed by atoms with Gasteiger partial charge in [-0.1, -0.05) is 12.1 Å². The number of nitrogens with one attached hydrogen (secondary N) is 1. The van der Waals surface area contributed by atoms with E-state index in [1.165, 1.54) is 11.3 Å². The van der Waals surface area contributed by atoms with Crippen molar-refractivity contribution >= 4 is 5.69 Å². The minimum atomic E-state index is 0.281. The molecule has 0 saturated carbocycles. The first-order valence-electron chi connectivity index (χ1n) is 6.24. The second kappa shape index (κ2) is 7.30. The predicted molar refractivity (Wildman–Crippen MR) is 73.4 cm³/mol. The molecular weight excluding hydrogens is 212 g/mol. The molecule has 2 N–H and O–H groups in total. The lowest BCUT2D eigenvalue weighted by Crippen LogP contribution is -2.25. The van der Waals surface area contributed by atoms with Gasteiger partial charge in [0.15, 0.2) is 0 Å². The molecule has 17 heavy (non-hydrogen) atoms. The quantitative estimate of drug-likeness (QED) is 0.760. The molecule has 0 amide bonds. The molecule has 3 heteroatoms. The Hall–Kier alpha value is -1.06. The fourth-order valence-electron chi connectivity index (χ4n) is 1.70. The van der Waals surface area contributed by atoms with Crippen LogP contribution < -0.4 is 10.2 Å². The number of anilines is 1. The lowest BCUT2D eigenvalue weighted by molar-refractivity contribution is 0.276. The number of rotatable bonds is 7. The number of nitrogens with zero attached hydrogens (tertiary/aromatic N) is 1. The Morgan fingerprint density at radius 2 is 1.88 bits per heavy atom. The molecule has 96 valence electrons. The maximum atomic E-state index is 8.75. The first kappa shape index (κ1) is 14.0. The lowest BCUT2D eigenvalue weighted by atomic mass is 10.1. The summed E-state index contributed by atoms with van der Waals surface area (Å²) in [5.41, 5.74) is 2.52. The minimum Gasteiger partial charge on any atom is -0.396 e. The molecule has 1 aromatic carbocycles. The smallest absolute Gasteiger partial charge is 0.0431 e. The summed E-state index contributed by atoms with van der Waals surface area (Å²) in [5.74, 6) is 0. The molecule has 1 unspecified atom stereocenters. The van der Waals surface area contributed by atoms with Crippen LogP contribution in [0.2, 0.25) is 0 Å². The largest absolute Gasteiger partial charge is 0.396 e. The first-order valence-corrected chi connectivity index (χ1v) is 6.24. The first-order chi connectivity index (χ1) is 8.13. The van der Waals surface area contributed by atoms with Gasteiger partial charge in [-0.15, -0.1) is 0 Å². The van der Waals surface area contributed by atoms with Crippen LogP contribution in [-0.2, 0) is 6.54 Å². The summed E-state index contributed by atoms with van der Waals surface area (Å²) in [5, 5.41) is 12.2. The molecule has 0 saturated heterocycles. The monoisotopic (exact) mass is 236 g/mol. The van der Waals surface area contributed by atoms with Crippen molar-refractivity contribution in [1.82, 2.24) is 5.32 Å². The van der Waals surface area contributed by atoms with E-state index in [4.69, 9.17) is 5.11 Å². The average Bonchev–Trinajstić information content (AvgIpc) is 2.34. The Balaban J connectivity index is 2.36. The van der Waals surface area contributed by atoms with Gasteiger partial charge in [-0.2, -0.15) is 0 Å². The maximum Gasteiger partial charge on any atom is 0.0431 e. The Bertz CT molecular complexity index is 309. The van der Waals surface area contributed by atoms with Crippen molar-refractivity contribution < 1.29 is 5.11 Å². The zero-order chi connectivity index (χ0) is 12.7. The second-order valence-corrected chi connectivity index (χ2v) is 4.71. The Morgan fingerprint density at radius 3 is 2.41 bits per heavy atom. The molecule has 0 bridgehead atoms. The molecule has 0 aliphatic rings. The van der Waals surface area contributed by atoms with Crippen LogP contribution in [0.1, 0.15) is 25.3 Å². The van der Waals surface area contributed by atoms with E-state index in [-0.39, 0.29) is 6.61 Å². The predicted octanol–water partition coefficient (Wildman–Crippen LogP) is 2.00. The summed E-state index contributed by atoms with van der Waals surface area (Å²) >= 11 is 0. The molecule has 3 nitrogen and oxygen atoms in total. The van der Waals surface area contributed by atoms with Gasteiger partial charge in [0.25, 0.3) is 0 Å². The highest BCUT2D eigenvalue weighted by Gasteiger charge is 2.01. The third kappa shape index (κ3) is 5.20. The van der Waals surface area contributed by atoms with Crippen LogP contribution >= 0.6 is 0 Å². The summed E-state index contributed by atoms with van der Waals surface area (Å²) < 4.78 is 0. The molecule has 0 aromatic heterocycles. The van der Waals surface area contributed by atoms with Crippen LogP contribution in [-0.4, -0.2) is 31.9 Å². The summed E-state index contributed by atoms with van der Waals surface area (Å²) in [6.07, 6.45) is 1.89. The highest BCUT2D eigenvalue weighted by molar-refractivity contribution is 5.45. The van der Waals surface area contributed by atoms with Crippen molar-refractivity contribution in [3.8, 4) is 0 Å². The number of aliphatic hydroxyl groups is 1. The van der Waals surface area contributed by atoms with Gasteiger partial charge in [0.1, 0.15) is 0 Å². The van der Waals surface area contributed by atoms with E-state index in [1.54, 1.807) is 0 Å². The van der Waals surface area contributed by atoms with Crippen molar-refractivity contribution in [2.24, 2.45) is 0 Å². The van der Waals surface area contributed by atoms with Crippen molar-refractivity contribution in [1.29, 1.82) is 0 Å². The highest BCUT2D eigenvalue weighted by Crippen LogP contribution is 2.12. The molecule has 1 aromatic rings. The van der Waals surface area contributed by atoms with Gasteiger partial charge in [0.05, 0.1) is 0 Å². The van der Waals surface area contributed by atoms with Crippen LogP contribution in [0, 0.1) is 0 Å². The Labute approximate surface area is 104 Å². The van der Waals surface area contributed by atoms with E-state index in [0.29, 0.717) is 6.04 Å². The van der Waals surface area contributed by atoms with Gasteiger partial charge in [0.2, 0.25) is 0 Å². The zero-order valence-corrected chi connectivity index (χ0v) is 11.1. The number of hydrogen-bond donors (Lipinski definition) is 2. The second-order valence-electron chi connectivity index (χ2n) is 4.71. The summed E-state index contributed by atoms with van der Waals surface area (Å²) in [7, 11) is 4.09.